The summed E-state index contributed by atoms with van der Waals surface area (Å²) in [5.41, 5.74) is 3.77. The second-order valence-electron chi connectivity index (χ2n) is 7.36. The van der Waals surface area contributed by atoms with Gasteiger partial charge in [-0.2, -0.15) is 5.10 Å². The fourth-order valence-corrected chi connectivity index (χ4v) is 3.54. The Bertz CT molecular complexity index is 733. The molecule has 1 aromatic carbocycles. The number of likely N-dealkylation sites (tertiary alicyclic amines) is 1. The van der Waals surface area contributed by atoms with Crippen LogP contribution in [-0.4, -0.2) is 40.3 Å². The molecule has 1 saturated heterocycles. The van der Waals surface area contributed by atoms with Crippen LogP contribution in [0.1, 0.15) is 43.0 Å². The zero-order chi connectivity index (χ0) is 19.1. The first-order chi connectivity index (χ1) is 13.2. The largest absolute Gasteiger partial charge is 0.352 e. The Morgan fingerprint density at radius 1 is 1.11 bits per heavy atom. The van der Waals surface area contributed by atoms with Gasteiger partial charge in [-0.15, -0.1) is 0 Å². The normalized spacial score (nSPS) is 18.5. The minimum atomic E-state index is 0.698. The average Bonchev–Trinajstić information content (AvgIpc) is 3.10. The van der Waals surface area contributed by atoms with Gasteiger partial charge in [0.05, 0.1) is 12.2 Å². The molecule has 1 unspecified atom stereocenters. The summed E-state index contributed by atoms with van der Waals surface area (Å²) in [4.78, 5) is 6.89. The number of benzene rings is 1. The molecule has 0 spiro atoms. The summed E-state index contributed by atoms with van der Waals surface area (Å²) in [6.45, 7) is 6.09. The van der Waals surface area contributed by atoms with Crippen molar-refractivity contribution in [3.8, 4) is 0 Å². The number of nitrogens with one attached hydrogen (secondary N) is 2. The predicted octanol–water partition coefficient (Wildman–Crippen LogP) is 2.66. The minimum absolute atomic E-state index is 0.698. The van der Waals surface area contributed by atoms with E-state index >= 15 is 0 Å². The lowest BCUT2D eigenvalue weighted by Gasteiger charge is -2.33. The molecule has 1 aliphatic heterocycles. The standard InChI is InChI=1S/C21H32N6/c1-17-6-4-5-13-27(17)16-19-9-7-18(8-10-19)14-23-21(22-2)24-15-20-11-12-25-26(20)3/h7-12,17H,4-6,13-16H2,1-3H3,(H2,22,23,24). The van der Waals surface area contributed by atoms with Crippen molar-refractivity contribution in [2.24, 2.45) is 12.0 Å². The van der Waals surface area contributed by atoms with Crippen LogP contribution in [0.4, 0.5) is 0 Å². The van der Waals surface area contributed by atoms with Crippen molar-refractivity contribution in [3.05, 3.63) is 53.3 Å². The number of hydrogen-bond acceptors (Lipinski definition) is 3. The van der Waals surface area contributed by atoms with Crippen LogP contribution in [0.2, 0.25) is 0 Å². The van der Waals surface area contributed by atoms with E-state index in [-0.39, 0.29) is 0 Å². The summed E-state index contributed by atoms with van der Waals surface area (Å²) in [5.74, 6) is 0.794. The van der Waals surface area contributed by atoms with Gasteiger partial charge in [-0.1, -0.05) is 30.7 Å². The molecule has 1 atom stereocenters. The molecule has 0 bridgehead atoms. The molecule has 3 rings (SSSR count). The first-order valence-corrected chi connectivity index (χ1v) is 9.89. The van der Waals surface area contributed by atoms with E-state index in [1.807, 2.05) is 17.8 Å². The third-order valence-electron chi connectivity index (χ3n) is 5.39. The van der Waals surface area contributed by atoms with Crippen LogP contribution in [0.3, 0.4) is 0 Å². The Hall–Kier alpha value is -2.34. The van der Waals surface area contributed by atoms with Crippen molar-refractivity contribution in [3.63, 3.8) is 0 Å². The lowest BCUT2D eigenvalue weighted by Crippen LogP contribution is -2.37. The van der Waals surface area contributed by atoms with Gasteiger partial charge in [0.2, 0.25) is 0 Å². The minimum Gasteiger partial charge on any atom is -0.352 e. The number of hydrogen-bond donors (Lipinski definition) is 2. The summed E-state index contributed by atoms with van der Waals surface area (Å²) < 4.78 is 1.86. The molecule has 1 aromatic heterocycles. The van der Waals surface area contributed by atoms with Crippen molar-refractivity contribution in [2.75, 3.05) is 13.6 Å². The average molecular weight is 369 g/mol. The maximum absolute atomic E-state index is 4.29. The molecule has 146 valence electrons. The van der Waals surface area contributed by atoms with Crippen LogP contribution in [0, 0.1) is 0 Å². The van der Waals surface area contributed by atoms with Crippen LogP contribution in [0.25, 0.3) is 0 Å². The summed E-state index contributed by atoms with van der Waals surface area (Å²) in [7, 11) is 3.74. The third-order valence-corrected chi connectivity index (χ3v) is 5.39. The van der Waals surface area contributed by atoms with E-state index in [0.717, 1.165) is 24.7 Å². The van der Waals surface area contributed by atoms with E-state index in [2.05, 4.69) is 56.8 Å². The lowest BCUT2D eigenvalue weighted by molar-refractivity contribution is 0.152. The zero-order valence-corrected chi connectivity index (χ0v) is 16.8. The van der Waals surface area contributed by atoms with Crippen LogP contribution in [0.15, 0.2) is 41.5 Å². The maximum atomic E-state index is 4.29. The summed E-state index contributed by atoms with van der Waals surface area (Å²) in [5, 5.41) is 10.9. The van der Waals surface area contributed by atoms with Crippen molar-refractivity contribution < 1.29 is 0 Å². The highest BCUT2D eigenvalue weighted by Gasteiger charge is 2.17. The van der Waals surface area contributed by atoms with Crippen molar-refractivity contribution >= 4 is 5.96 Å². The number of piperidine rings is 1. The lowest BCUT2D eigenvalue weighted by atomic mass is 10.0. The van der Waals surface area contributed by atoms with Crippen molar-refractivity contribution in [1.82, 2.24) is 25.3 Å². The van der Waals surface area contributed by atoms with Gasteiger partial charge in [0.25, 0.3) is 0 Å². The predicted molar refractivity (Wildman–Crippen MR) is 110 cm³/mol. The molecular weight excluding hydrogens is 336 g/mol. The summed E-state index contributed by atoms with van der Waals surface area (Å²) in [6.07, 6.45) is 5.84. The number of aryl methyl sites for hydroxylation is 1. The molecule has 2 aromatic rings. The van der Waals surface area contributed by atoms with Crippen LogP contribution in [-0.2, 0) is 26.7 Å². The molecule has 1 fully saturated rings. The molecule has 6 heteroatoms. The number of nitrogens with zero attached hydrogens (tertiary/aromatic N) is 4. The molecule has 6 nitrogen and oxygen atoms in total. The zero-order valence-electron chi connectivity index (χ0n) is 16.8. The SMILES string of the molecule is CN=C(NCc1ccc(CN2CCCCC2C)cc1)NCc1ccnn1C. The van der Waals surface area contributed by atoms with Crippen LogP contribution >= 0.6 is 0 Å². The van der Waals surface area contributed by atoms with E-state index in [1.165, 1.54) is 36.9 Å². The van der Waals surface area contributed by atoms with Gasteiger partial charge in [-0.3, -0.25) is 14.6 Å². The highest BCUT2D eigenvalue weighted by atomic mass is 15.3. The Morgan fingerprint density at radius 2 is 1.85 bits per heavy atom. The van der Waals surface area contributed by atoms with E-state index in [9.17, 15) is 0 Å². The molecule has 0 amide bonds. The number of rotatable bonds is 6. The Labute approximate surface area is 162 Å². The van der Waals surface area contributed by atoms with Gasteiger partial charge in [0.15, 0.2) is 5.96 Å². The quantitative estimate of drug-likeness (QED) is 0.608. The first kappa shape index (κ1) is 19.4. The number of guanidine groups is 1. The molecule has 0 radical (unpaired) electrons. The Kier molecular flexibility index (Phi) is 6.87. The molecule has 0 saturated carbocycles. The van der Waals surface area contributed by atoms with Crippen molar-refractivity contribution in [1.29, 1.82) is 0 Å². The fourth-order valence-electron chi connectivity index (χ4n) is 3.54. The first-order valence-electron chi connectivity index (χ1n) is 9.89. The van der Waals surface area contributed by atoms with Gasteiger partial charge >= 0.3 is 0 Å². The molecular formula is C21H32N6. The van der Waals surface area contributed by atoms with Crippen molar-refractivity contribution in [2.45, 2.75) is 51.9 Å². The number of aromatic nitrogens is 2. The van der Waals surface area contributed by atoms with Gasteiger partial charge in [0.1, 0.15) is 0 Å². The Morgan fingerprint density at radius 3 is 2.52 bits per heavy atom. The van der Waals surface area contributed by atoms with Crippen LogP contribution < -0.4 is 10.6 Å². The van der Waals surface area contributed by atoms with E-state index in [4.69, 9.17) is 0 Å². The van der Waals surface area contributed by atoms with E-state index in [0.29, 0.717) is 12.6 Å². The number of aliphatic imine (C=N–C) groups is 1. The second kappa shape index (κ2) is 9.55. The molecule has 0 aliphatic carbocycles. The molecule has 2 N–H and O–H groups in total. The third kappa shape index (κ3) is 5.57. The second-order valence-corrected chi connectivity index (χ2v) is 7.36. The summed E-state index contributed by atoms with van der Waals surface area (Å²) >= 11 is 0. The van der Waals surface area contributed by atoms with E-state index in [1.54, 1.807) is 13.2 Å². The molecule has 1 aliphatic rings. The van der Waals surface area contributed by atoms with Gasteiger partial charge in [-0.25, -0.2) is 0 Å². The van der Waals surface area contributed by atoms with Crippen LogP contribution in [0.5, 0.6) is 0 Å². The summed E-state index contributed by atoms with van der Waals surface area (Å²) in [6, 6.07) is 11.6. The Balaban J connectivity index is 1.46. The molecule has 27 heavy (non-hydrogen) atoms. The molecule has 2 heterocycles. The highest BCUT2D eigenvalue weighted by Crippen LogP contribution is 2.19. The monoisotopic (exact) mass is 368 g/mol. The smallest absolute Gasteiger partial charge is 0.191 e. The van der Waals surface area contributed by atoms with Gasteiger partial charge in [-0.05, 0) is 43.5 Å². The van der Waals surface area contributed by atoms with Gasteiger partial charge in [0, 0.05) is 39.4 Å². The fraction of sp³-hybridized carbons (Fsp3) is 0.524. The van der Waals surface area contributed by atoms with Gasteiger partial charge < -0.3 is 10.6 Å². The topological polar surface area (TPSA) is 57.5 Å². The highest BCUT2D eigenvalue weighted by molar-refractivity contribution is 5.79. The van der Waals surface area contributed by atoms with E-state index < -0.39 is 0 Å². The maximum Gasteiger partial charge on any atom is 0.191 e.